The Morgan fingerprint density at radius 1 is 1.47 bits per heavy atom. The molecule has 1 unspecified atom stereocenters. The molecule has 0 amide bonds. The van der Waals surface area contributed by atoms with Crippen molar-refractivity contribution in [2.75, 3.05) is 26.2 Å². The number of carboxylic acids is 1. The molecule has 0 aromatic heterocycles. The zero-order valence-electron chi connectivity index (χ0n) is 9.75. The average molecular weight is 214 g/mol. The number of hydrogen-bond acceptors (Lipinski definition) is 3. The first-order valence-electron chi connectivity index (χ1n) is 5.79. The third kappa shape index (κ3) is 3.47. The van der Waals surface area contributed by atoms with Gasteiger partial charge >= 0.3 is 5.97 Å². The second-order valence-electron chi connectivity index (χ2n) is 4.47. The van der Waals surface area contributed by atoms with Crippen LogP contribution in [0.2, 0.25) is 0 Å². The number of nitrogens with zero attached hydrogens (tertiary/aromatic N) is 1. The normalized spacial score (nSPS) is 21.5. The van der Waals surface area contributed by atoms with E-state index in [1.165, 1.54) is 12.8 Å². The van der Waals surface area contributed by atoms with E-state index in [0.29, 0.717) is 13.0 Å². The zero-order valence-corrected chi connectivity index (χ0v) is 9.75. The molecule has 1 rings (SSSR count). The van der Waals surface area contributed by atoms with Crippen molar-refractivity contribution in [2.24, 2.45) is 0 Å². The maximum absolute atomic E-state index is 11.1. The van der Waals surface area contributed by atoms with Gasteiger partial charge in [0.1, 0.15) is 5.54 Å². The largest absolute Gasteiger partial charge is 0.480 e. The molecule has 4 heteroatoms. The molecule has 0 radical (unpaired) electrons. The molecule has 0 bridgehead atoms. The van der Waals surface area contributed by atoms with Gasteiger partial charge in [-0.05, 0) is 45.8 Å². The van der Waals surface area contributed by atoms with Crippen molar-refractivity contribution in [3.05, 3.63) is 0 Å². The molecule has 15 heavy (non-hydrogen) atoms. The Kier molecular flexibility index (Phi) is 4.54. The fourth-order valence-electron chi connectivity index (χ4n) is 2.05. The molecule has 1 saturated heterocycles. The topological polar surface area (TPSA) is 52.6 Å². The summed E-state index contributed by atoms with van der Waals surface area (Å²) in [6.07, 6.45) is 3.19. The molecule has 4 nitrogen and oxygen atoms in total. The summed E-state index contributed by atoms with van der Waals surface area (Å²) in [5.41, 5.74) is -0.767. The van der Waals surface area contributed by atoms with Crippen molar-refractivity contribution in [2.45, 2.75) is 38.6 Å². The van der Waals surface area contributed by atoms with E-state index in [-0.39, 0.29) is 0 Å². The summed E-state index contributed by atoms with van der Waals surface area (Å²) in [6.45, 7) is 7.55. The molecule has 2 N–H and O–H groups in total. The number of hydrogen-bond donors (Lipinski definition) is 2. The number of nitrogens with one attached hydrogen (secondary N) is 1. The highest BCUT2D eigenvalue weighted by Gasteiger charge is 2.32. The smallest absolute Gasteiger partial charge is 0.323 e. The van der Waals surface area contributed by atoms with E-state index in [1.807, 2.05) is 6.92 Å². The van der Waals surface area contributed by atoms with Crippen LogP contribution in [0.1, 0.15) is 33.1 Å². The Morgan fingerprint density at radius 3 is 2.53 bits per heavy atom. The molecule has 1 aliphatic rings. The lowest BCUT2D eigenvalue weighted by Crippen LogP contribution is -2.51. The van der Waals surface area contributed by atoms with Crippen LogP contribution in [-0.4, -0.2) is 47.7 Å². The van der Waals surface area contributed by atoms with Crippen LogP contribution in [0.5, 0.6) is 0 Å². The fourth-order valence-corrected chi connectivity index (χ4v) is 2.05. The molecule has 0 aromatic carbocycles. The zero-order chi connectivity index (χ0) is 11.3. The van der Waals surface area contributed by atoms with E-state index in [1.54, 1.807) is 6.92 Å². The molecule has 0 aliphatic carbocycles. The lowest BCUT2D eigenvalue weighted by molar-refractivity contribution is -0.144. The molecule has 0 aromatic rings. The highest BCUT2D eigenvalue weighted by Crippen LogP contribution is 2.14. The monoisotopic (exact) mass is 214 g/mol. The Bertz CT molecular complexity index is 215. The molecule has 0 spiro atoms. The summed E-state index contributed by atoms with van der Waals surface area (Å²) >= 11 is 0. The van der Waals surface area contributed by atoms with Crippen LogP contribution in [0, 0.1) is 0 Å². The first kappa shape index (κ1) is 12.5. The number of likely N-dealkylation sites (N-methyl/N-ethyl adjacent to an activating group) is 1. The summed E-state index contributed by atoms with van der Waals surface area (Å²) in [6, 6.07) is 0. The molecular formula is C11H22N2O2. The molecular weight excluding hydrogens is 192 g/mol. The Hall–Kier alpha value is -0.610. The van der Waals surface area contributed by atoms with Crippen molar-refractivity contribution >= 4 is 5.97 Å². The number of carbonyl (C=O) groups is 1. The van der Waals surface area contributed by atoms with E-state index < -0.39 is 11.5 Å². The van der Waals surface area contributed by atoms with E-state index in [4.69, 9.17) is 5.11 Å². The molecule has 1 aliphatic heterocycles. The van der Waals surface area contributed by atoms with E-state index in [2.05, 4.69) is 10.2 Å². The van der Waals surface area contributed by atoms with Crippen molar-refractivity contribution < 1.29 is 9.90 Å². The summed E-state index contributed by atoms with van der Waals surface area (Å²) in [4.78, 5) is 13.5. The average Bonchev–Trinajstić information content (AvgIpc) is 2.67. The van der Waals surface area contributed by atoms with Gasteiger partial charge in [-0.15, -0.1) is 0 Å². The number of aliphatic carboxylic acids is 1. The van der Waals surface area contributed by atoms with Gasteiger partial charge in [0.25, 0.3) is 0 Å². The molecule has 1 fully saturated rings. The van der Waals surface area contributed by atoms with E-state index >= 15 is 0 Å². The SMILES string of the molecule is CCNC(C)(CCN1CCCC1)C(=O)O. The molecule has 0 saturated carbocycles. The van der Waals surface area contributed by atoms with Gasteiger partial charge in [0.15, 0.2) is 0 Å². The minimum Gasteiger partial charge on any atom is -0.480 e. The van der Waals surface area contributed by atoms with Crippen molar-refractivity contribution in [3.63, 3.8) is 0 Å². The predicted octanol–water partition coefficient (Wildman–Crippen LogP) is 0.925. The molecule has 1 heterocycles. The second-order valence-corrected chi connectivity index (χ2v) is 4.47. The quantitative estimate of drug-likeness (QED) is 0.690. The van der Waals surface area contributed by atoms with Crippen LogP contribution >= 0.6 is 0 Å². The Balaban J connectivity index is 2.40. The van der Waals surface area contributed by atoms with Gasteiger partial charge < -0.3 is 15.3 Å². The first-order valence-corrected chi connectivity index (χ1v) is 5.79. The van der Waals surface area contributed by atoms with Gasteiger partial charge in [-0.25, -0.2) is 0 Å². The number of carboxylic acid groups (broad SMARTS) is 1. The van der Waals surface area contributed by atoms with E-state index in [0.717, 1.165) is 19.6 Å². The van der Waals surface area contributed by atoms with Crippen LogP contribution in [0.4, 0.5) is 0 Å². The highest BCUT2D eigenvalue weighted by atomic mass is 16.4. The first-order chi connectivity index (χ1) is 7.08. The van der Waals surface area contributed by atoms with Crippen molar-refractivity contribution in [1.82, 2.24) is 10.2 Å². The van der Waals surface area contributed by atoms with Crippen molar-refractivity contribution in [1.29, 1.82) is 0 Å². The van der Waals surface area contributed by atoms with Gasteiger partial charge in [0.2, 0.25) is 0 Å². The molecule has 1 atom stereocenters. The summed E-state index contributed by atoms with van der Waals surface area (Å²) in [7, 11) is 0. The maximum Gasteiger partial charge on any atom is 0.323 e. The van der Waals surface area contributed by atoms with Crippen LogP contribution < -0.4 is 5.32 Å². The lowest BCUT2D eigenvalue weighted by atomic mass is 9.97. The van der Waals surface area contributed by atoms with Gasteiger partial charge in [-0.2, -0.15) is 0 Å². The van der Waals surface area contributed by atoms with Gasteiger partial charge in [-0.1, -0.05) is 6.92 Å². The summed E-state index contributed by atoms with van der Waals surface area (Å²) in [5.74, 6) is -0.747. The third-order valence-electron chi connectivity index (χ3n) is 3.17. The van der Waals surface area contributed by atoms with Gasteiger partial charge in [0.05, 0.1) is 0 Å². The van der Waals surface area contributed by atoms with Gasteiger partial charge in [0, 0.05) is 6.54 Å². The minimum absolute atomic E-state index is 0.677. The summed E-state index contributed by atoms with van der Waals surface area (Å²) in [5, 5.41) is 12.2. The second kappa shape index (κ2) is 5.47. The minimum atomic E-state index is -0.767. The van der Waals surface area contributed by atoms with Crippen LogP contribution in [-0.2, 0) is 4.79 Å². The Labute approximate surface area is 91.6 Å². The van der Waals surface area contributed by atoms with Crippen LogP contribution in [0.15, 0.2) is 0 Å². The van der Waals surface area contributed by atoms with E-state index in [9.17, 15) is 4.79 Å². The van der Waals surface area contributed by atoms with Crippen LogP contribution in [0.25, 0.3) is 0 Å². The Morgan fingerprint density at radius 2 is 2.07 bits per heavy atom. The number of rotatable bonds is 6. The van der Waals surface area contributed by atoms with Gasteiger partial charge in [-0.3, -0.25) is 4.79 Å². The highest BCUT2D eigenvalue weighted by molar-refractivity contribution is 5.78. The van der Waals surface area contributed by atoms with Crippen molar-refractivity contribution in [3.8, 4) is 0 Å². The molecule has 88 valence electrons. The fraction of sp³-hybridized carbons (Fsp3) is 0.909. The number of likely N-dealkylation sites (tertiary alicyclic amines) is 1. The van der Waals surface area contributed by atoms with Crippen LogP contribution in [0.3, 0.4) is 0 Å². The third-order valence-corrected chi connectivity index (χ3v) is 3.17. The standard InChI is InChI=1S/C11H22N2O2/c1-3-12-11(2,10(14)15)6-9-13-7-4-5-8-13/h12H,3-9H2,1-2H3,(H,14,15). The lowest BCUT2D eigenvalue weighted by Gasteiger charge is -2.28. The summed E-state index contributed by atoms with van der Waals surface area (Å²) < 4.78 is 0. The maximum atomic E-state index is 11.1. The predicted molar refractivity (Wildman–Crippen MR) is 60.0 cm³/mol.